The normalized spacial score (nSPS) is 14.6. The maximum Gasteiger partial charge on any atom is 0.274 e. The summed E-state index contributed by atoms with van der Waals surface area (Å²) in [5, 5.41) is 6.48. The van der Waals surface area contributed by atoms with Crippen molar-refractivity contribution in [2.45, 2.75) is 13.3 Å². The first-order valence-corrected chi connectivity index (χ1v) is 12.2. The van der Waals surface area contributed by atoms with E-state index >= 15 is 0 Å². The Balaban J connectivity index is 1.49. The fourth-order valence-electron chi connectivity index (χ4n) is 4.22. The molecular formula is C30H26N6O2. The Kier molecular flexibility index (Phi) is 6.78. The quantitative estimate of drug-likeness (QED) is 0.309. The van der Waals surface area contributed by atoms with Crippen LogP contribution in [0, 0.1) is 5.92 Å². The molecule has 0 radical (unpaired) electrons. The van der Waals surface area contributed by atoms with Crippen LogP contribution >= 0.6 is 0 Å². The molecule has 4 N–H and O–H groups in total. The molecule has 2 aromatic carbocycles. The summed E-state index contributed by atoms with van der Waals surface area (Å²) in [6.07, 6.45) is 11.5. The van der Waals surface area contributed by atoms with Gasteiger partial charge in [0.25, 0.3) is 5.91 Å². The van der Waals surface area contributed by atoms with Crippen LogP contribution in [0.5, 0.6) is 0 Å². The number of nitrogen functional groups attached to an aromatic ring is 1. The number of nitrogens with one attached hydrogen (secondary N) is 2. The molecule has 5 rings (SSSR count). The fourth-order valence-corrected chi connectivity index (χ4v) is 4.22. The highest BCUT2D eigenvalue weighted by molar-refractivity contribution is 6.01. The van der Waals surface area contributed by atoms with Gasteiger partial charge in [0.2, 0.25) is 11.9 Å². The van der Waals surface area contributed by atoms with Crippen molar-refractivity contribution in [1.82, 2.24) is 20.3 Å². The number of nitrogens with zero attached hydrogens (tertiary/aromatic N) is 3. The highest BCUT2D eigenvalue weighted by atomic mass is 16.2. The van der Waals surface area contributed by atoms with Crippen LogP contribution in [0.25, 0.3) is 33.2 Å². The minimum Gasteiger partial charge on any atom is -0.368 e. The van der Waals surface area contributed by atoms with E-state index in [1.165, 1.54) is 6.08 Å². The molecule has 0 aliphatic heterocycles. The molecule has 1 atom stereocenters. The molecule has 1 unspecified atom stereocenters. The summed E-state index contributed by atoms with van der Waals surface area (Å²) in [5.74, 6) is 0.0727. The van der Waals surface area contributed by atoms with Gasteiger partial charge in [-0.25, -0.2) is 9.97 Å². The Bertz CT molecular complexity index is 1620. The van der Waals surface area contributed by atoms with Gasteiger partial charge in [-0.3, -0.25) is 14.6 Å². The van der Waals surface area contributed by atoms with Gasteiger partial charge >= 0.3 is 0 Å². The van der Waals surface area contributed by atoms with Gasteiger partial charge in [-0.2, -0.15) is 0 Å². The lowest BCUT2D eigenvalue weighted by atomic mass is 9.96. The number of allylic oxidation sites excluding steroid dienone is 3. The molecule has 2 amide bonds. The zero-order valence-electron chi connectivity index (χ0n) is 20.8. The molecule has 2 aromatic heterocycles. The van der Waals surface area contributed by atoms with Crippen molar-refractivity contribution in [2.75, 3.05) is 11.1 Å². The first-order valence-electron chi connectivity index (χ1n) is 12.2. The number of benzene rings is 2. The Morgan fingerprint density at radius 3 is 2.63 bits per heavy atom. The van der Waals surface area contributed by atoms with Gasteiger partial charge in [-0.05, 0) is 65.9 Å². The molecule has 1 aliphatic rings. The topological polar surface area (TPSA) is 123 Å². The highest BCUT2D eigenvalue weighted by Gasteiger charge is 2.14. The SMILES string of the molecule is C=CC(=O)Nc1cccc(-c2cc(-c3ccc(C(=O)NC4=CCC(C)C=C4)nc3)cc3cnc(N)nc23)c1. The molecule has 8 nitrogen and oxygen atoms in total. The van der Waals surface area contributed by atoms with E-state index in [1.54, 1.807) is 24.5 Å². The number of pyridine rings is 1. The molecule has 0 saturated heterocycles. The van der Waals surface area contributed by atoms with Crippen molar-refractivity contribution in [3.63, 3.8) is 0 Å². The van der Waals surface area contributed by atoms with Gasteiger partial charge in [0.05, 0.1) is 5.52 Å². The van der Waals surface area contributed by atoms with Crippen molar-refractivity contribution in [3.05, 3.63) is 103 Å². The maximum atomic E-state index is 12.7. The van der Waals surface area contributed by atoms with Crippen molar-refractivity contribution in [2.24, 2.45) is 5.92 Å². The minimum absolute atomic E-state index is 0.164. The molecule has 8 heteroatoms. The molecular weight excluding hydrogens is 476 g/mol. The van der Waals surface area contributed by atoms with Crippen molar-refractivity contribution in [3.8, 4) is 22.3 Å². The molecule has 188 valence electrons. The predicted octanol–water partition coefficient (Wildman–Crippen LogP) is 5.28. The summed E-state index contributed by atoms with van der Waals surface area (Å²) >= 11 is 0. The average Bonchev–Trinajstić information content (AvgIpc) is 2.94. The zero-order valence-corrected chi connectivity index (χ0v) is 20.8. The van der Waals surface area contributed by atoms with E-state index in [-0.39, 0.29) is 17.8 Å². The second-order valence-electron chi connectivity index (χ2n) is 9.08. The number of nitrogens with two attached hydrogens (primary N) is 1. The van der Waals surface area contributed by atoms with Crippen LogP contribution < -0.4 is 16.4 Å². The van der Waals surface area contributed by atoms with Gasteiger partial charge in [0.1, 0.15) is 5.69 Å². The third kappa shape index (κ3) is 5.34. The van der Waals surface area contributed by atoms with Crippen molar-refractivity contribution >= 4 is 34.4 Å². The second-order valence-corrected chi connectivity index (χ2v) is 9.08. The number of carbonyl (C=O) groups is 2. The van der Waals surface area contributed by atoms with Crippen LogP contribution in [0.3, 0.4) is 0 Å². The number of fused-ring (bicyclic) bond motifs is 1. The molecule has 0 fully saturated rings. The number of amides is 2. The summed E-state index contributed by atoms with van der Waals surface area (Å²) < 4.78 is 0. The number of hydrogen-bond acceptors (Lipinski definition) is 6. The third-order valence-corrected chi connectivity index (χ3v) is 6.23. The van der Waals surface area contributed by atoms with Crippen LogP contribution in [0.4, 0.5) is 11.6 Å². The molecule has 38 heavy (non-hydrogen) atoms. The summed E-state index contributed by atoms with van der Waals surface area (Å²) in [6, 6.07) is 14.9. The molecule has 2 heterocycles. The monoisotopic (exact) mass is 502 g/mol. The highest BCUT2D eigenvalue weighted by Crippen LogP contribution is 2.34. The van der Waals surface area contributed by atoms with Crippen LogP contribution in [0.1, 0.15) is 23.8 Å². The Hall–Kier alpha value is -5.11. The number of hydrogen-bond donors (Lipinski definition) is 3. The first kappa shape index (κ1) is 24.6. The van der Waals surface area contributed by atoms with E-state index in [4.69, 9.17) is 5.73 Å². The Morgan fingerprint density at radius 2 is 1.89 bits per heavy atom. The average molecular weight is 503 g/mol. The van der Waals surface area contributed by atoms with Crippen LogP contribution in [-0.2, 0) is 4.79 Å². The van der Waals surface area contributed by atoms with E-state index in [0.29, 0.717) is 22.8 Å². The minimum atomic E-state index is -0.298. The first-order chi connectivity index (χ1) is 18.4. The summed E-state index contributed by atoms with van der Waals surface area (Å²) in [5.41, 5.74) is 11.7. The van der Waals surface area contributed by atoms with E-state index in [0.717, 1.165) is 39.8 Å². The summed E-state index contributed by atoms with van der Waals surface area (Å²) in [6.45, 7) is 5.63. The lowest BCUT2D eigenvalue weighted by Gasteiger charge is -2.13. The fraction of sp³-hybridized carbons (Fsp3) is 0.100. The summed E-state index contributed by atoms with van der Waals surface area (Å²) in [7, 11) is 0. The predicted molar refractivity (Wildman–Crippen MR) is 150 cm³/mol. The second kappa shape index (κ2) is 10.5. The lowest BCUT2D eigenvalue weighted by Crippen LogP contribution is -2.23. The molecule has 0 bridgehead atoms. The Morgan fingerprint density at radius 1 is 1.03 bits per heavy atom. The molecule has 4 aromatic rings. The zero-order chi connectivity index (χ0) is 26.6. The Labute approximate surface area is 220 Å². The summed E-state index contributed by atoms with van der Waals surface area (Å²) in [4.78, 5) is 37.6. The number of anilines is 2. The number of rotatable bonds is 6. The van der Waals surface area contributed by atoms with Crippen LogP contribution in [-0.4, -0.2) is 26.8 Å². The lowest BCUT2D eigenvalue weighted by molar-refractivity contribution is -0.111. The van der Waals surface area contributed by atoms with Crippen LogP contribution in [0.2, 0.25) is 0 Å². The van der Waals surface area contributed by atoms with Crippen molar-refractivity contribution < 1.29 is 9.59 Å². The van der Waals surface area contributed by atoms with Gasteiger partial charge in [-0.1, -0.05) is 43.9 Å². The number of aromatic nitrogens is 3. The van der Waals surface area contributed by atoms with Gasteiger partial charge in [0.15, 0.2) is 0 Å². The van der Waals surface area contributed by atoms with Gasteiger partial charge in [0, 0.05) is 40.3 Å². The molecule has 0 saturated carbocycles. The standard InChI is InChI=1S/C30H26N6O2/c1-3-27(37)34-24-6-4-5-19(14-24)25-15-21(13-22-17-33-30(31)36-28(22)25)20-9-12-26(32-16-20)29(38)35-23-10-7-18(2)8-11-23/h3-7,9-18H,1,8H2,2H3,(H,34,37)(H,35,38)(H2,31,33,36). The maximum absolute atomic E-state index is 12.7. The van der Waals surface area contributed by atoms with E-state index in [9.17, 15) is 9.59 Å². The van der Waals surface area contributed by atoms with Gasteiger partial charge < -0.3 is 16.4 Å². The third-order valence-electron chi connectivity index (χ3n) is 6.23. The molecule has 1 aliphatic carbocycles. The van der Waals surface area contributed by atoms with Gasteiger partial charge in [-0.15, -0.1) is 0 Å². The van der Waals surface area contributed by atoms with Crippen LogP contribution in [0.15, 0.2) is 97.5 Å². The molecule has 0 spiro atoms. The number of carbonyl (C=O) groups excluding carboxylic acids is 2. The van der Waals surface area contributed by atoms with Crippen molar-refractivity contribution in [1.29, 1.82) is 0 Å². The smallest absolute Gasteiger partial charge is 0.274 e. The van der Waals surface area contributed by atoms with E-state index in [2.05, 4.69) is 45.2 Å². The van der Waals surface area contributed by atoms with E-state index < -0.39 is 0 Å². The van der Waals surface area contributed by atoms with E-state index in [1.807, 2.05) is 48.6 Å². The largest absolute Gasteiger partial charge is 0.368 e.